The van der Waals surface area contributed by atoms with E-state index in [0.717, 1.165) is 15.6 Å². The Morgan fingerprint density at radius 1 is 0.892 bits per heavy atom. The van der Waals surface area contributed by atoms with E-state index in [1.807, 2.05) is 97.7 Å². The van der Waals surface area contributed by atoms with Crippen molar-refractivity contribution in [1.82, 2.24) is 9.99 Å². The van der Waals surface area contributed by atoms with Crippen molar-refractivity contribution in [3.8, 4) is 0 Å². The average molecular weight is 526 g/mol. The molecule has 0 bridgehead atoms. The lowest BCUT2D eigenvalue weighted by Gasteiger charge is -2.14. The van der Waals surface area contributed by atoms with Gasteiger partial charge in [0.25, 0.3) is 11.5 Å². The van der Waals surface area contributed by atoms with Gasteiger partial charge in [0.2, 0.25) is 0 Å². The molecule has 37 heavy (non-hydrogen) atoms. The van der Waals surface area contributed by atoms with Crippen LogP contribution in [0, 0.1) is 0 Å². The Labute approximate surface area is 221 Å². The van der Waals surface area contributed by atoms with Gasteiger partial charge in [-0.15, -0.1) is 11.3 Å². The monoisotopic (exact) mass is 525 g/mol. The molecule has 1 N–H and O–H groups in total. The van der Waals surface area contributed by atoms with E-state index in [9.17, 15) is 9.59 Å². The summed E-state index contributed by atoms with van der Waals surface area (Å²) in [4.78, 5) is 35.5. The minimum Gasteiger partial charge on any atom is -0.337 e. The number of hydrogen-bond acceptors (Lipinski definition) is 6. The summed E-state index contributed by atoms with van der Waals surface area (Å²) < 4.78 is 2.87. The second-order valence-corrected chi connectivity index (χ2v) is 10.5. The molecule has 9 heteroatoms. The van der Waals surface area contributed by atoms with Gasteiger partial charge in [0.05, 0.1) is 17.1 Å². The highest BCUT2D eigenvalue weighted by Crippen LogP contribution is 2.44. The lowest BCUT2D eigenvalue weighted by Crippen LogP contribution is -2.35. The number of amidine groups is 1. The van der Waals surface area contributed by atoms with E-state index in [2.05, 4.69) is 11.5 Å². The highest BCUT2D eigenvalue weighted by Gasteiger charge is 2.35. The van der Waals surface area contributed by atoms with Crippen LogP contribution in [0.1, 0.15) is 6.92 Å². The summed E-state index contributed by atoms with van der Waals surface area (Å²) in [6.07, 6.45) is 0. The Hall–Kier alpha value is -4.08. The van der Waals surface area contributed by atoms with Gasteiger partial charge in [-0.1, -0.05) is 60.3 Å². The molecule has 1 amide bonds. The number of carbonyl (C=O) groups is 1. The Morgan fingerprint density at radius 2 is 1.57 bits per heavy atom. The number of hydrazine groups is 1. The lowest BCUT2D eigenvalue weighted by molar-refractivity contribution is -0.113. The van der Waals surface area contributed by atoms with Gasteiger partial charge in [-0.3, -0.25) is 19.6 Å². The number of nitrogens with zero attached hydrogens (tertiary/aromatic N) is 4. The minimum atomic E-state index is -0.253. The van der Waals surface area contributed by atoms with Gasteiger partial charge in [-0.2, -0.15) is 0 Å². The molecule has 0 radical (unpaired) electrons. The molecule has 0 atom stereocenters. The van der Waals surface area contributed by atoms with Gasteiger partial charge in [0.1, 0.15) is 19.8 Å². The van der Waals surface area contributed by atoms with Gasteiger partial charge in [-0.05, 0) is 43.3 Å². The number of amides is 1. The molecular weight excluding hydrogens is 502 g/mol. The molecule has 7 nitrogen and oxygen atoms in total. The number of aliphatic imine (C=N–C) groups is 1. The summed E-state index contributed by atoms with van der Waals surface area (Å²) in [5.41, 5.74) is 5.93. The number of anilines is 2. The van der Waals surface area contributed by atoms with Crippen LogP contribution in [0.4, 0.5) is 17.1 Å². The summed E-state index contributed by atoms with van der Waals surface area (Å²) in [6.45, 7) is 2.35. The fourth-order valence-electron chi connectivity index (χ4n) is 4.41. The van der Waals surface area contributed by atoms with Gasteiger partial charge in [0, 0.05) is 18.5 Å². The van der Waals surface area contributed by atoms with Crippen LogP contribution >= 0.6 is 23.1 Å². The summed E-state index contributed by atoms with van der Waals surface area (Å²) in [6, 6.07) is 26.9. The second kappa shape index (κ2) is 9.42. The number of hydrogen-bond donors (Lipinski definition) is 1. The first-order chi connectivity index (χ1) is 18.1. The molecular formula is C28H23N5O2S2. The van der Waals surface area contributed by atoms with E-state index in [1.165, 1.54) is 16.3 Å². The number of aromatic nitrogens is 1. The van der Waals surface area contributed by atoms with Crippen LogP contribution in [0.5, 0.6) is 0 Å². The Morgan fingerprint density at radius 3 is 2.27 bits per heavy atom. The fourth-order valence-corrected chi connectivity index (χ4v) is 6.96. The second-order valence-electron chi connectivity index (χ2n) is 8.48. The maximum atomic E-state index is 13.9. The molecule has 184 valence electrons. The van der Waals surface area contributed by atoms with Crippen molar-refractivity contribution in [3.63, 3.8) is 0 Å². The Balaban J connectivity index is 1.61. The fraction of sp³-hybridized carbons (Fsp3) is 0.107. The predicted octanol–water partition coefficient (Wildman–Crippen LogP) is 3.67. The number of carbonyl (C=O) groups excluding carboxylic acids is 1. The smallest absolute Gasteiger partial charge is 0.283 e. The van der Waals surface area contributed by atoms with Crippen LogP contribution in [0.25, 0.3) is 10.6 Å². The van der Waals surface area contributed by atoms with E-state index in [1.54, 1.807) is 16.3 Å². The van der Waals surface area contributed by atoms with Crippen molar-refractivity contribution in [2.75, 3.05) is 17.0 Å². The lowest BCUT2D eigenvalue weighted by atomic mass is 10.2. The molecule has 3 heterocycles. The van der Waals surface area contributed by atoms with E-state index in [4.69, 9.17) is 4.99 Å². The first-order valence-corrected chi connectivity index (χ1v) is 13.5. The third kappa shape index (κ3) is 3.96. The summed E-state index contributed by atoms with van der Waals surface area (Å²) in [5, 5.41) is 2.35. The van der Waals surface area contributed by atoms with Crippen molar-refractivity contribution in [2.24, 2.45) is 4.99 Å². The standard InChI is InChI=1S/C28H23N5O2S2/c1-3-32-26(35)23(28-31(2)20-16-10-11-17-21(20)36-28)37-27(32)22-24(29-18-12-6-4-7-13-18)30-33(25(22)34)19-14-8-5-9-15-19/h4-17H,3H2,1-2H3,(H,29,30). The largest absolute Gasteiger partial charge is 0.337 e. The number of fused-ring (bicyclic) bond motifs is 1. The maximum absolute atomic E-state index is 13.9. The van der Waals surface area contributed by atoms with Crippen molar-refractivity contribution in [2.45, 2.75) is 18.4 Å². The van der Waals surface area contributed by atoms with Crippen molar-refractivity contribution < 1.29 is 4.79 Å². The molecule has 6 rings (SSSR count). The van der Waals surface area contributed by atoms with Gasteiger partial charge >= 0.3 is 0 Å². The zero-order valence-corrected chi connectivity index (χ0v) is 21.8. The molecule has 1 fully saturated rings. The number of nitrogens with one attached hydrogen (secondary N) is 1. The topological polar surface area (TPSA) is 69.9 Å². The third-order valence-corrected chi connectivity index (χ3v) is 8.78. The van der Waals surface area contributed by atoms with Crippen LogP contribution in [-0.2, 0) is 11.3 Å². The van der Waals surface area contributed by atoms with Crippen LogP contribution < -0.4 is 30.1 Å². The van der Waals surface area contributed by atoms with Crippen molar-refractivity contribution in [1.29, 1.82) is 0 Å². The SMILES string of the molecule is CCn1c(=C2C(=O)N(c3ccccc3)NC2=Nc2ccccc2)sc(=C2Sc3ccccc3N2C)c1=O. The quantitative estimate of drug-likeness (QED) is 0.442. The van der Waals surface area contributed by atoms with Crippen LogP contribution in [0.2, 0.25) is 0 Å². The van der Waals surface area contributed by atoms with Crippen LogP contribution in [0.15, 0.2) is 99.6 Å². The van der Waals surface area contributed by atoms with E-state index in [0.29, 0.717) is 38.5 Å². The number of para-hydroxylation sites is 3. The van der Waals surface area contributed by atoms with Gasteiger partial charge in [-0.25, -0.2) is 10.0 Å². The van der Waals surface area contributed by atoms with E-state index >= 15 is 0 Å². The average Bonchev–Trinajstić information content (AvgIpc) is 3.55. The molecule has 0 spiro atoms. The van der Waals surface area contributed by atoms with Crippen molar-refractivity contribution >= 4 is 62.5 Å². The Bertz CT molecular complexity index is 1730. The highest BCUT2D eigenvalue weighted by molar-refractivity contribution is 8.08. The number of benzene rings is 3. The molecule has 1 aromatic heterocycles. The molecule has 2 aliphatic heterocycles. The maximum Gasteiger partial charge on any atom is 0.283 e. The number of thiazole rings is 1. The normalized spacial score (nSPS) is 19.0. The predicted molar refractivity (Wildman–Crippen MR) is 152 cm³/mol. The molecule has 0 aliphatic carbocycles. The van der Waals surface area contributed by atoms with Crippen LogP contribution in [-0.4, -0.2) is 23.4 Å². The molecule has 1 saturated heterocycles. The highest BCUT2D eigenvalue weighted by atomic mass is 32.2. The third-order valence-electron chi connectivity index (χ3n) is 6.23. The molecule has 2 aliphatic rings. The minimum absolute atomic E-state index is 0.109. The van der Waals surface area contributed by atoms with Crippen LogP contribution in [0.3, 0.4) is 0 Å². The van der Waals surface area contributed by atoms with E-state index in [-0.39, 0.29) is 11.5 Å². The molecule has 3 aromatic carbocycles. The first-order valence-electron chi connectivity index (χ1n) is 11.9. The van der Waals surface area contributed by atoms with Crippen molar-refractivity contribution in [3.05, 3.63) is 104 Å². The summed E-state index contributed by atoms with van der Waals surface area (Å²) >= 11 is 2.92. The van der Waals surface area contributed by atoms with Gasteiger partial charge in [0.15, 0.2) is 5.84 Å². The Kier molecular flexibility index (Phi) is 5.94. The summed E-state index contributed by atoms with van der Waals surface area (Å²) in [7, 11) is 1.97. The van der Waals surface area contributed by atoms with E-state index < -0.39 is 0 Å². The molecule has 4 aromatic rings. The number of thioether (sulfide) groups is 1. The molecule has 0 saturated carbocycles. The zero-order valence-electron chi connectivity index (χ0n) is 20.2. The van der Waals surface area contributed by atoms with Gasteiger partial charge < -0.3 is 4.90 Å². The zero-order chi connectivity index (χ0) is 25.5. The first kappa shape index (κ1) is 23.3. The molecule has 0 unspecified atom stereocenters. The summed E-state index contributed by atoms with van der Waals surface area (Å²) in [5.74, 6) is 0.160. The number of rotatable bonds is 3.